The highest BCUT2D eigenvalue weighted by Crippen LogP contribution is 2.16. The van der Waals surface area contributed by atoms with Crippen LogP contribution in [0.3, 0.4) is 0 Å². The number of hydrogen-bond acceptors (Lipinski definition) is 4. The largest absolute Gasteiger partial charge is 0.378 e. The second-order valence-corrected chi connectivity index (χ2v) is 8.94. The SMILES string of the molecule is C=CCN(C)CCCCCCOC1CCN(S(=O)(=O)NCCCC)CC1. The second-order valence-electron chi connectivity index (χ2n) is 7.19. The summed E-state index contributed by atoms with van der Waals surface area (Å²) in [6.45, 7) is 10.3. The van der Waals surface area contributed by atoms with Crippen LogP contribution in [0.2, 0.25) is 0 Å². The van der Waals surface area contributed by atoms with Gasteiger partial charge in [-0.2, -0.15) is 12.7 Å². The molecule has 0 amide bonds. The van der Waals surface area contributed by atoms with E-state index < -0.39 is 10.2 Å². The predicted molar refractivity (Wildman–Crippen MR) is 109 cm³/mol. The fourth-order valence-electron chi connectivity index (χ4n) is 3.11. The molecular formula is C19H39N3O3S. The summed E-state index contributed by atoms with van der Waals surface area (Å²) in [5.41, 5.74) is 0. The van der Waals surface area contributed by atoms with E-state index in [0.29, 0.717) is 19.6 Å². The number of nitrogens with zero attached hydrogens (tertiary/aromatic N) is 2. The summed E-state index contributed by atoms with van der Waals surface area (Å²) in [6, 6.07) is 0. The quantitative estimate of drug-likeness (QED) is 0.346. The van der Waals surface area contributed by atoms with Gasteiger partial charge in [-0.1, -0.05) is 32.3 Å². The highest BCUT2D eigenvalue weighted by molar-refractivity contribution is 7.87. The van der Waals surface area contributed by atoms with E-state index in [9.17, 15) is 8.42 Å². The summed E-state index contributed by atoms with van der Waals surface area (Å²) in [4.78, 5) is 2.28. The van der Waals surface area contributed by atoms with Gasteiger partial charge in [-0.15, -0.1) is 6.58 Å². The molecule has 7 heteroatoms. The van der Waals surface area contributed by atoms with Gasteiger partial charge in [0.1, 0.15) is 0 Å². The number of ether oxygens (including phenoxy) is 1. The number of nitrogens with one attached hydrogen (secondary N) is 1. The molecule has 0 spiro atoms. The lowest BCUT2D eigenvalue weighted by Crippen LogP contribution is -2.46. The molecular weight excluding hydrogens is 350 g/mol. The first-order valence-electron chi connectivity index (χ1n) is 10.2. The van der Waals surface area contributed by atoms with Crippen LogP contribution in [0.15, 0.2) is 12.7 Å². The lowest BCUT2D eigenvalue weighted by molar-refractivity contribution is 0.0190. The monoisotopic (exact) mass is 389 g/mol. The van der Waals surface area contributed by atoms with Crippen LogP contribution in [0.5, 0.6) is 0 Å². The van der Waals surface area contributed by atoms with Crippen molar-refractivity contribution in [1.82, 2.24) is 13.9 Å². The van der Waals surface area contributed by atoms with Crippen molar-refractivity contribution < 1.29 is 13.2 Å². The topological polar surface area (TPSA) is 61.9 Å². The third-order valence-electron chi connectivity index (χ3n) is 4.78. The van der Waals surface area contributed by atoms with Crippen molar-refractivity contribution >= 4 is 10.2 Å². The third-order valence-corrected chi connectivity index (χ3v) is 6.40. The molecule has 1 N–H and O–H groups in total. The average Bonchev–Trinajstić information content (AvgIpc) is 2.61. The highest BCUT2D eigenvalue weighted by Gasteiger charge is 2.27. The zero-order valence-electron chi connectivity index (χ0n) is 16.8. The zero-order chi connectivity index (χ0) is 19.3. The molecule has 0 aromatic carbocycles. The van der Waals surface area contributed by atoms with E-state index in [1.165, 1.54) is 19.3 Å². The highest BCUT2D eigenvalue weighted by atomic mass is 32.2. The van der Waals surface area contributed by atoms with Gasteiger partial charge in [0.2, 0.25) is 0 Å². The fourth-order valence-corrected chi connectivity index (χ4v) is 4.38. The fraction of sp³-hybridized carbons (Fsp3) is 0.895. The van der Waals surface area contributed by atoms with E-state index in [-0.39, 0.29) is 6.10 Å². The van der Waals surface area contributed by atoms with Crippen LogP contribution in [0.25, 0.3) is 0 Å². The molecule has 0 aliphatic carbocycles. The normalized spacial score (nSPS) is 17.0. The molecule has 0 unspecified atom stereocenters. The minimum Gasteiger partial charge on any atom is -0.378 e. The van der Waals surface area contributed by atoms with E-state index in [1.807, 2.05) is 6.08 Å². The Morgan fingerprint density at radius 1 is 1.19 bits per heavy atom. The van der Waals surface area contributed by atoms with Crippen LogP contribution < -0.4 is 4.72 Å². The van der Waals surface area contributed by atoms with Crippen molar-refractivity contribution in [3.8, 4) is 0 Å². The van der Waals surface area contributed by atoms with E-state index in [0.717, 1.165) is 51.8 Å². The molecule has 6 nitrogen and oxygen atoms in total. The smallest absolute Gasteiger partial charge is 0.279 e. The van der Waals surface area contributed by atoms with Gasteiger partial charge in [-0.3, -0.25) is 0 Å². The Balaban J connectivity index is 2.05. The Kier molecular flexibility index (Phi) is 12.4. The molecule has 1 saturated heterocycles. The minimum absolute atomic E-state index is 0.204. The molecule has 1 heterocycles. The first kappa shape index (κ1) is 23.6. The molecule has 0 atom stereocenters. The van der Waals surface area contributed by atoms with Crippen LogP contribution in [0.4, 0.5) is 0 Å². The first-order chi connectivity index (χ1) is 12.5. The Morgan fingerprint density at radius 3 is 2.54 bits per heavy atom. The van der Waals surface area contributed by atoms with Gasteiger partial charge < -0.3 is 9.64 Å². The average molecular weight is 390 g/mol. The van der Waals surface area contributed by atoms with Crippen molar-refractivity contribution in [2.45, 2.75) is 64.4 Å². The molecule has 1 fully saturated rings. The summed E-state index contributed by atoms with van der Waals surface area (Å²) >= 11 is 0. The van der Waals surface area contributed by atoms with Gasteiger partial charge in [0, 0.05) is 32.8 Å². The minimum atomic E-state index is -3.31. The van der Waals surface area contributed by atoms with Crippen LogP contribution in [0.1, 0.15) is 58.3 Å². The van der Waals surface area contributed by atoms with E-state index in [2.05, 4.69) is 30.2 Å². The Hall–Kier alpha value is -0.470. The Labute approximate surface area is 161 Å². The Bertz CT molecular complexity index is 463. The first-order valence-corrected chi connectivity index (χ1v) is 11.6. The zero-order valence-corrected chi connectivity index (χ0v) is 17.6. The van der Waals surface area contributed by atoms with Crippen LogP contribution >= 0.6 is 0 Å². The maximum atomic E-state index is 12.2. The molecule has 0 radical (unpaired) electrons. The van der Waals surface area contributed by atoms with E-state index in [1.54, 1.807) is 4.31 Å². The molecule has 0 aromatic rings. The van der Waals surface area contributed by atoms with Crippen LogP contribution in [0, 0.1) is 0 Å². The van der Waals surface area contributed by atoms with Crippen LogP contribution in [-0.4, -0.2) is 70.1 Å². The number of likely N-dealkylation sites (N-methyl/N-ethyl adjacent to an activating group) is 1. The molecule has 154 valence electrons. The van der Waals surface area contributed by atoms with Gasteiger partial charge in [0.15, 0.2) is 0 Å². The van der Waals surface area contributed by atoms with Crippen LogP contribution in [-0.2, 0) is 14.9 Å². The number of hydrogen-bond donors (Lipinski definition) is 1. The second kappa shape index (κ2) is 13.7. The Morgan fingerprint density at radius 2 is 1.88 bits per heavy atom. The van der Waals surface area contributed by atoms with Gasteiger partial charge in [-0.25, -0.2) is 4.72 Å². The maximum Gasteiger partial charge on any atom is 0.279 e. The molecule has 1 aliphatic heterocycles. The van der Waals surface area contributed by atoms with Crippen molar-refractivity contribution in [3.63, 3.8) is 0 Å². The predicted octanol–water partition coefficient (Wildman–Crippen LogP) is 2.78. The van der Waals surface area contributed by atoms with Gasteiger partial charge in [-0.05, 0) is 45.7 Å². The lowest BCUT2D eigenvalue weighted by atomic mass is 10.1. The van der Waals surface area contributed by atoms with Crippen molar-refractivity contribution in [2.24, 2.45) is 0 Å². The number of unbranched alkanes of at least 4 members (excludes halogenated alkanes) is 4. The molecule has 1 rings (SSSR count). The summed E-state index contributed by atoms with van der Waals surface area (Å²) < 4.78 is 34.5. The maximum absolute atomic E-state index is 12.2. The van der Waals surface area contributed by atoms with Crippen molar-refractivity contribution in [1.29, 1.82) is 0 Å². The van der Waals surface area contributed by atoms with Gasteiger partial charge in [0.05, 0.1) is 6.10 Å². The van der Waals surface area contributed by atoms with Crippen molar-refractivity contribution in [2.75, 3.05) is 46.4 Å². The molecule has 0 bridgehead atoms. The standard InChI is InChI=1S/C19H39N3O3S/c1-4-6-13-20-26(23,24)22-16-11-19(12-17-22)25-18-10-8-7-9-15-21(3)14-5-2/h5,19-20H,2,4,6-18H2,1,3H3. The molecule has 0 saturated carbocycles. The number of piperidine rings is 1. The van der Waals surface area contributed by atoms with Gasteiger partial charge >= 0.3 is 0 Å². The number of rotatable bonds is 15. The van der Waals surface area contributed by atoms with E-state index >= 15 is 0 Å². The molecule has 1 aliphatic rings. The molecule has 0 aromatic heterocycles. The third kappa shape index (κ3) is 10.0. The lowest BCUT2D eigenvalue weighted by Gasteiger charge is -2.31. The van der Waals surface area contributed by atoms with E-state index in [4.69, 9.17) is 4.74 Å². The summed E-state index contributed by atoms with van der Waals surface area (Å²) in [5, 5.41) is 0. The molecule has 26 heavy (non-hydrogen) atoms. The summed E-state index contributed by atoms with van der Waals surface area (Å²) in [5.74, 6) is 0. The van der Waals surface area contributed by atoms with Crippen molar-refractivity contribution in [3.05, 3.63) is 12.7 Å². The summed E-state index contributed by atoms with van der Waals surface area (Å²) in [7, 11) is -1.19. The summed E-state index contributed by atoms with van der Waals surface area (Å²) in [6.07, 6.45) is 10.3. The van der Waals surface area contributed by atoms with Gasteiger partial charge in [0.25, 0.3) is 10.2 Å².